The van der Waals surface area contributed by atoms with E-state index in [0.29, 0.717) is 19.8 Å². The number of ether oxygens (including phenoxy) is 2. The van der Waals surface area contributed by atoms with Gasteiger partial charge >= 0.3 is 5.97 Å². The molecule has 0 saturated carbocycles. The Bertz CT molecular complexity index is 341. The van der Waals surface area contributed by atoms with Gasteiger partial charge in [0, 0.05) is 6.54 Å². The number of benzene rings is 1. The zero-order chi connectivity index (χ0) is 13.8. The molecule has 1 aromatic rings. The van der Waals surface area contributed by atoms with Gasteiger partial charge in [-0.15, -0.1) is 0 Å². The third kappa shape index (κ3) is 8.21. The van der Waals surface area contributed by atoms with Crippen LogP contribution in [0.1, 0.15) is 26.2 Å². The van der Waals surface area contributed by atoms with Gasteiger partial charge in [0.05, 0.1) is 13.0 Å². The first kappa shape index (κ1) is 15.5. The molecule has 0 heterocycles. The maximum Gasteiger partial charge on any atom is 0.309 e. The molecule has 1 rings (SSSR count). The summed E-state index contributed by atoms with van der Waals surface area (Å²) in [7, 11) is 0. The molecule has 0 bridgehead atoms. The SMILES string of the molecule is CCCCNCCOC(=O)CCOc1ccccc1. The van der Waals surface area contributed by atoms with Gasteiger partial charge in [-0.05, 0) is 25.1 Å². The first-order valence-electron chi connectivity index (χ1n) is 6.87. The van der Waals surface area contributed by atoms with Crippen molar-refractivity contribution >= 4 is 5.97 Å². The van der Waals surface area contributed by atoms with E-state index in [-0.39, 0.29) is 12.4 Å². The van der Waals surface area contributed by atoms with Gasteiger partial charge in [-0.2, -0.15) is 0 Å². The molecule has 0 amide bonds. The predicted octanol–water partition coefficient (Wildman–Crippen LogP) is 2.39. The summed E-state index contributed by atoms with van der Waals surface area (Å²) in [6.07, 6.45) is 2.60. The lowest BCUT2D eigenvalue weighted by molar-refractivity contribution is -0.144. The van der Waals surface area contributed by atoms with Crippen LogP contribution in [0.25, 0.3) is 0 Å². The molecule has 0 spiro atoms. The monoisotopic (exact) mass is 265 g/mol. The Kier molecular flexibility index (Phi) is 8.47. The van der Waals surface area contributed by atoms with Crippen molar-refractivity contribution in [1.82, 2.24) is 5.32 Å². The van der Waals surface area contributed by atoms with Crippen LogP contribution in [0.5, 0.6) is 5.75 Å². The van der Waals surface area contributed by atoms with E-state index in [1.807, 2.05) is 30.3 Å². The summed E-state index contributed by atoms with van der Waals surface area (Å²) in [6.45, 7) is 4.62. The molecule has 19 heavy (non-hydrogen) atoms. The number of hydrogen-bond donors (Lipinski definition) is 1. The topological polar surface area (TPSA) is 47.6 Å². The Morgan fingerprint density at radius 1 is 1.16 bits per heavy atom. The van der Waals surface area contributed by atoms with Crippen LogP contribution in [0.4, 0.5) is 0 Å². The van der Waals surface area contributed by atoms with E-state index >= 15 is 0 Å². The van der Waals surface area contributed by atoms with Gasteiger partial charge in [0.1, 0.15) is 12.4 Å². The molecule has 0 aliphatic rings. The molecule has 4 nitrogen and oxygen atoms in total. The molecule has 106 valence electrons. The highest BCUT2D eigenvalue weighted by atomic mass is 16.5. The first-order chi connectivity index (χ1) is 9.33. The van der Waals surface area contributed by atoms with Gasteiger partial charge in [-0.3, -0.25) is 4.79 Å². The number of esters is 1. The van der Waals surface area contributed by atoms with Gasteiger partial charge in [-0.1, -0.05) is 31.5 Å². The summed E-state index contributed by atoms with van der Waals surface area (Å²) in [5.74, 6) is 0.560. The Morgan fingerprint density at radius 2 is 1.95 bits per heavy atom. The van der Waals surface area contributed by atoms with Crippen LogP contribution in [0.2, 0.25) is 0 Å². The normalized spacial score (nSPS) is 10.2. The van der Waals surface area contributed by atoms with Crippen LogP contribution in [0.15, 0.2) is 30.3 Å². The van der Waals surface area contributed by atoms with E-state index in [1.54, 1.807) is 0 Å². The van der Waals surface area contributed by atoms with Crippen LogP contribution in [-0.2, 0) is 9.53 Å². The number of carbonyl (C=O) groups excluding carboxylic acids is 1. The zero-order valence-electron chi connectivity index (χ0n) is 11.6. The lowest BCUT2D eigenvalue weighted by Crippen LogP contribution is -2.22. The van der Waals surface area contributed by atoms with E-state index in [1.165, 1.54) is 6.42 Å². The van der Waals surface area contributed by atoms with Crippen LogP contribution in [0, 0.1) is 0 Å². The molecule has 0 saturated heterocycles. The number of unbranched alkanes of at least 4 members (excludes halogenated alkanes) is 1. The first-order valence-corrected chi connectivity index (χ1v) is 6.87. The van der Waals surface area contributed by atoms with E-state index in [9.17, 15) is 4.79 Å². The maximum absolute atomic E-state index is 11.4. The van der Waals surface area contributed by atoms with Gasteiger partial charge in [0.2, 0.25) is 0 Å². The summed E-state index contributed by atoms with van der Waals surface area (Å²) in [6, 6.07) is 9.45. The van der Waals surface area contributed by atoms with Crippen molar-refractivity contribution in [3.63, 3.8) is 0 Å². The van der Waals surface area contributed by atoms with Crippen molar-refractivity contribution in [3.05, 3.63) is 30.3 Å². The quantitative estimate of drug-likeness (QED) is 0.521. The second kappa shape index (κ2) is 10.4. The molecule has 1 aromatic carbocycles. The molecule has 0 unspecified atom stereocenters. The van der Waals surface area contributed by atoms with Crippen molar-refractivity contribution in [1.29, 1.82) is 0 Å². The second-order valence-electron chi connectivity index (χ2n) is 4.24. The number of para-hydroxylation sites is 1. The van der Waals surface area contributed by atoms with Crippen molar-refractivity contribution in [2.24, 2.45) is 0 Å². The summed E-state index contributed by atoms with van der Waals surface area (Å²) in [5.41, 5.74) is 0. The van der Waals surface area contributed by atoms with Crippen molar-refractivity contribution < 1.29 is 14.3 Å². The fourth-order valence-corrected chi connectivity index (χ4v) is 1.50. The van der Waals surface area contributed by atoms with Crippen molar-refractivity contribution in [2.75, 3.05) is 26.3 Å². The van der Waals surface area contributed by atoms with Gasteiger partial charge < -0.3 is 14.8 Å². The highest BCUT2D eigenvalue weighted by Gasteiger charge is 2.02. The summed E-state index contributed by atoms with van der Waals surface area (Å²) < 4.78 is 10.5. The van der Waals surface area contributed by atoms with Crippen LogP contribution < -0.4 is 10.1 Å². The van der Waals surface area contributed by atoms with E-state index in [0.717, 1.165) is 18.7 Å². The third-order valence-corrected chi connectivity index (χ3v) is 2.57. The third-order valence-electron chi connectivity index (χ3n) is 2.57. The van der Waals surface area contributed by atoms with Gasteiger partial charge in [0.15, 0.2) is 0 Å². The molecule has 0 aromatic heterocycles. The maximum atomic E-state index is 11.4. The standard InChI is InChI=1S/C15H23NO3/c1-2-3-10-16-11-13-19-15(17)9-12-18-14-7-5-4-6-8-14/h4-8,16H,2-3,9-13H2,1H3. The minimum Gasteiger partial charge on any atom is -0.493 e. The molecule has 0 aliphatic heterocycles. The molecular weight excluding hydrogens is 242 g/mol. The highest BCUT2D eigenvalue weighted by Crippen LogP contribution is 2.08. The number of nitrogens with one attached hydrogen (secondary N) is 1. The molecule has 0 fully saturated rings. The summed E-state index contributed by atoms with van der Waals surface area (Å²) in [5, 5.41) is 3.22. The van der Waals surface area contributed by atoms with Crippen LogP contribution in [-0.4, -0.2) is 32.3 Å². The van der Waals surface area contributed by atoms with Crippen molar-refractivity contribution in [3.8, 4) is 5.75 Å². The average Bonchev–Trinajstić information content (AvgIpc) is 2.44. The fourth-order valence-electron chi connectivity index (χ4n) is 1.50. The average molecular weight is 265 g/mol. The Balaban J connectivity index is 1.96. The van der Waals surface area contributed by atoms with Crippen LogP contribution >= 0.6 is 0 Å². The van der Waals surface area contributed by atoms with Gasteiger partial charge in [-0.25, -0.2) is 0 Å². The van der Waals surface area contributed by atoms with E-state index in [2.05, 4.69) is 12.2 Å². The molecule has 4 heteroatoms. The largest absolute Gasteiger partial charge is 0.493 e. The second-order valence-corrected chi connectivity index (χ2v) is 4.24. The Hall–Kier alpha value is -1.55. The van der Waals surface area contributed by atoms with Crippen LogP contribution in [0.3, 0.4) is 0 Å². The number of rotatable bonds is 10. The minimum absolute atomic E-state index is 0.215. The fraction of sp³-hybridized carbons (Fsp3) is 0.533. The Morgan fingerprint density at radius 3 is 2.68 bits per heavy atom. The van der Waals surface area contributed by atoms with Crippen molar-refractivity contribution in [2.45, 2.75) is 26.2 Å². The molecule has 1 N–H and O–H groups in total. The molecule has 0 radical (unpaired) electrons. The number of carbonyl (C=O) groups is 1. The predicted molar refractivity (Wildman–Crippen MR) is 75.3 cm³/mol. The Labute approximate surface area is 115 Å². The summed E-state index contributed by atoms with van der Waals surface area (Å²) in [4.78, 5) is 11.4. The lowest BCUT2D eigenvalue weighted by atomic mass is 10.3. The van der Waals surface area contributed by atoms with Gasteiger partial charge in [0.25, 0.3) is 0 Å². The molecule has 0 aliphatic carbocycles. The minimum atomic E-state index is -0.215. The highest BCUT2D eigenvalue weighted by molar-refractivity contribution is 5.69. The molecule has 0 atom stereocenters. The zero-order valence-corrected chi connectivity index (χ0v) is 11.6. The smallest absolute Gasteiger partial charge is 0.309 e. The molecular formula is C15H23NO3. The summed E-state index contributed by atoms with van der Waals surface area (Å²) >= 11 is 0. The number of hydrogen-bond acceptors (Lipinski definition) is 4. The van der Waals surface area contributed by atoms with E-state index < -0.39 is 0 Å². The lowest BCUT2D eigenvalue weighted by Gasteiger charge is -2.07. The van der Waals surface area contributed by atoms with E-state index in [4.69, 9.17) is 9.47 Å².